The van der Waals surface area contributed by atoms with Crippen molar-refractivity contribution >= 4 is 27.5 Å². The van der Waals surface area contributed by atoms with Crippen LogP contribution >= 0.6 is 15.9 Å². The van der Waals surface area contributed by atoms with Gasteiger partial charge in [0, 0.05) is 4.47 Å². The molecule has 0 bridgehead atoms. The maximum Gasteiger partial charge on any atom is 0.259 e. The van der Waals surface area contributed by atoms with Crippen molar-refractivity contribution in [3.63, 3.8) is 0 Å². The molecule has 0 aromatic heterocycles. The number of methoxy groups -OCH3 is 2. The van der Waals surface area contributed by atoms with E-state index in [9.17, 15) is 4.79 Å². The largest absolute Gasteiger partial charge is 0.496 e. The highest BCUT2D eigenvalue weighted by Gasteiger charge is 2.14. The number of carbonyl (C=O) groups is 1. The lowest BCUT2D eigenvalue weighted by molar-refractivity contribution is 0.102. The summed E-state index contributed by atoms with van der Waals surface area (Å²) in [5, 5.41) is 2.85. The number of hydrogen-bond acceptors (Lipinski definition) is 3. The van der Waals surface area contributed by atoms with Gasteiger partial charge in [-0.2, -0.15) is 0 Å². The van der Waals surface area contributed by atoms with Crippen LogP contribution in [0.5, 0.6) is 11.5 Å². The molecule has 110 valence electrons. The van der Waals surface area contributed by atoms with Crippen LogP contribution < -0.4 is 14.8 Å². The Morgan fingerprint density at radius 1 is 1.05 bits per heavy atom. The highest BCUT2D eigenvalue weighted by molar-refractivity contribution is 9.10. The van der Waals surface area contributed by atoms with Crippen LogP contribution in [0, 0.1) is 6.92 Å². The molecule has 2 rings (SSSR count). The van der Waals surface area contributed by atoms with Gasteiger partial charge in [-0.25, -0.2) is 0 Å². The fraction of sp³-hybridized carbons (Fsp3) is 0.188. The molecule has 1 amide bonds. The van der Waals surface area contributed by atoms with Gasteiger partial charge in [-0.3, -0.25) is 4.79 Å². The molecule has 0 unspecified atom stereocenters. The van der Waals surface area contributed by atoms with Crippen molar-refractivity contribution in [1.29, 1.82) is 0 Å². The molecule has 0 saturated heterocycles. The number of benzene rings is 2. The van der Waals surface area contributed by atoms with Crippen molar-refractivity contribution in [3.8, 4) is 11.5 Å². The smallest absolute Gasteiger partial charge is 0.259 e. The third kappa shape index (κ3) is 3.55. The normalized spacial score (nSPS) is 10.1. The Labute approximate surface area is 132 Å². The summed E-state index contributed by atoms with van der Waals surface area (Å²) in [7, 11) is 3.10. The van der Waals surface area contributed by atoms with Crippen LogP contribution in [-0.2, 0) is 0 Å². The molecule has 2 aromatic carbocycles. The second-order valence-corrected chi connectivity index (χ2v) is 5.42. The summed E-state index contributed by atoms with van der Waals surface area (Å²) in [4.78, 5) is 12.4. The Balaban J connectivity index is 2.32. The summed E-state index contributed by atoms with van der Waals surface area (Å²) in [6.07, 6.45) is 0. The zero-order chi connectivity index (χ0) is 15.4. The molecule has 0 atom stereocenters. The molecular weight excluding hydrogens is 334 g/mol. The summed E-state index contributed by atoms with van der Waals surface area (Å²) < 4.78 is 11.4. The Morgan fingerprint density at radius 3 is 2.43 bits per heavy atom. The summed E-state index contributed by atoms with van der Waals surface area (Å²) in [6, 6.07) is 10.9. The number of amides is 1. The van der Waals surface area contributed by atoms with Crippen molar-refractivity contribution in [2.75, 3.05) is 19.5 Å². The highest BCUT2D eigenvalue weighted by Crippen LogP contribution is 2.28. The molecule has 0 heterocycles. The predicted molar refractivity (Wildman–Crippen MR) is 86.4 cm³/mol. The fourth-order valence-electron chi connectivity index (χ4n) is 1.96. The number of rotatable bonds is 4. The van der Waals surface area contributed by atoms with Crippen LogP contribution in [0.15, 0.2) is 40.9 Å². The quantitative estimate of drug-likeness (QED) is 0.906. The minimum Gasteiger partial charge on any atom is -0.496 e. The van der Waals surface area contributed by atoms with Crippen LogP contribution in [0.4, 0.5) is 5.69 Å². The van der Waals surface area contributed by atoms with E-state index in [0.29, 0.717) is 22.7 Å². The molecule has 0 saturated carbocycles. The van der Waals surface area contributed by atoms with Gasteiger partial charge in [0.1, 0.15) is 11.5 Å². The second-order valence-electron chi connectivity index (χ2n) is 4.50. The molecule has 21 heavy (non-hydrogen) atoms. The van der Waals surface area contributed by atoms with Gasteiger partial charge in [-0.15, -0.1) is 0 Å². The highest BCUT2D eigenvalue weighted by atomic mass is 79.9. The summed E-state index contributed by atoms with van der Waals surface area (Å²) >= 11 is 3.35. The van der Waals surface area contributed by atoms with Crippen LogP contribution in [0.2, 0.25) is 0 Å². The summed E-state index contributed by atoms with van der Waals surface area (Å²) in [5.74, 6) is 0.877. The molecule has 0 aliphatic rings. The zero-order valence-electron chi connectivity index (χ0n) is 12.1. The van der Waals surface area contributed by atoms with Gasteiger partial charge in [0.05, 0.1) is 25.5 Å². The molecule has 0 aliphatic heterocycles. The molecule has 0 aliphatic carbocycles. The minimum absolute atomic E-state index is 0.247. The topological polar surface area (TPSA) is 47.6 Å². The van der Waals surface area contributed by atoms with Gasteiger partial charge in [0.2, 0.25) is 0 Å². The van der Waals surface area contributed by atoms with E-state index < -0.39 is 0 Å². The van der Waals surface area contributed by atoms with Gasteiger partial charge in [-0.1, -0.05) is 22.0 Å². The summed E-state index contributed by atoms with van der Waals surface area (Å²) in [5.41, 5.74) is 2.13. The average molecular weight is 350 g/mol. The van der Waals surface area contributed by atoms with Crippen LogP contribution in [0.3, 0.4) is 0 Å². The minimum atomic E-state index is -0.247. The van der Waals surface area contributed by atoms with Crippen molar-refractivity contribution in [3.05, 3.63) is 52.0 Å². The van der Waals surface area contributed by atoms with Gasteiger partial charge < -0.3 is 14.8 Å². The standard InChI is InChI=1S/C16H16BrNO3/c1-10-4-7-14(20-2)13(8-10)18-16(19)12-6-5-11(17)9-15(12)21-3/h4-9H,1-3H3,(H,18,19). The van der Waals surface area contributed by atoms with Crippen molar-refractivity contribution in [2.24, 2.45) is 0 Å². The first-order chi connectivity index (χ1) is 10.0. The van der Waals surface area contributed by atoms with Crippen molar-refractivity contribution in [1.82, 2.24) is 0 Å². The van der Waals surface area contributed by atoms with Gasteiger partial charge in [-0.05, 0) is 42.8 Å². The van der Waals surface area contributed by atoms with Gasteiger partial charge >= 0.3 is 0 Å². The zero-order valence-corrected chi connectivity index (χ0v) is 13.7. The number of carbonyl (C=O) groups excluding carboxylic acids is 1. The molecule has 5 heteroatoms. The monoisotopic (exact) mass is 349 g/mol. The van der Waals surface area contributed by atoms with E-state index >= 15 is 0 Å². The number of anilines is 1. The van der Waals surface area contributed by atoms with Crippen molar-refractivity contribution < 1.29 is 14.3 Å². The first-order valence-electron chi connectivity index (χ1n) is 6.34. The SMILES string of the molecule is COc1ccc(C)cc1NC(=O)c1ccc(Br)cc1OC. The molecule has 0 radical (unpaired) electrons. The van der Waals surface area contributed by atoms with E-state index in [1.165, 1.54) is 7.11 Å². The number of nitrogens with one attached hydrogen (secondary N) is 1. The lowest BCUT2D eigenvalue weighted by Crippen LogP contribution is -2.14. The molecule has 2 aromatic rings. The van der Waals surface area contributed by atoms with E-state index in [4.69, 9.17) is 9.47 Å². The number of aryl methyl sites for hydroxylation is 1. The number of halogens is 1. The first-order valence-corrected chi connectivity index (χ1v) is 7.14. The molecule has 0 spiro atoms. The van der Waals surface area contributed by atoms with E-state index in [1.54, 1.807) is 25.3 Å². The predicted octanol–water partition coefficient (Wildman–Crippen LogP) is 4.03. The van der Waals surface area contributed by atoms with E-state index in [1.807, 2.05) is 25.1 Å². The maximum absolute atomic E-state index is 12.4. The average Bonchev–Trinajstić information content (AvgIpc) is 2.47. The second kappa shape index (κ2) is 6.63. The molecular formula is C16H16BrNO3. The first kappa shape index (κ1) is 15.4. The van der Waals surface area contributed by atoms with Gasteiger partial charge in [0.25, 0.3) is 5.91 Å². The number of hydrogen-bond donors (Lipinski definition) is 1. The van der Waals surface area contributed by atoms with E-state index in [0.717, 1.165) is 10.0 Å². The van der Waals surface area contributed by atoms with Crippen LogP contribution in [0.1, 0.15) is 15.9 Å². The van der Waals surface area contributed by atoms with Crippen LogP contribution in [0.25, 0.3) is 0 Å². The Morgan fingerprint density at radius 2 is 1.76 bits per heavy atom. The summed E-state index contributed by atoms with van der Waals surface area (Å²) in [6.45, 7) is 1.95. The van der Waals surface area contributed by atoms with E-state index in [-0.39, 0.29) is 5.91 Å². The number of ether oxygens (including phenoxy) is 2. The maximum atomic E-state index is 12.4. The fourth-order valence-corrected chi connectivity index (χ4v) is 2.30. The lowest BCUT2D eigenvalue weighted by Gasteiger charge is -2.13. The Kier molecular flexibility index (Phi) is 4.85. The van der Waals surface area contributed by atoms with Crippen molar-refractivity contribution in [2.45, 2.75) is 6.92 Å². The van der Waals surface area contributed by atoms with E-state index in [2.05, 4.69) is 21.2 Å². The lowest BCUT2D eigenvalue weighted by atomic mass is 10.1. The molecule has 0 fully saturated rings. The molecule has 4 nitrogen and oxygen atoms in total. The molecule has 1 N–H and O–H groups in total. The third-order valence-electron chi connectivity index (χ3n) is 3.01. The Bertz CT molecular complexity index is 671. The third-order valence-corrected chi connectivity index (χ3v) is 3.50. The van der Waals surface area contributed by atoms with Crippen LogP contribution in [-0.4, -0.2) is 20.1 Å². The van der Waals surface area contributed by atoms with Gasteiger partial charge in [0.15, 0.2) is 0 Å². The Hall–Kier alpha value is -2.01.